The first kappa shape index (κ1) is 14.9. The number of nitrogens with two attached hydrogens (primary N) is 1. The van der Waals surface area contributed by atoms with E-state index in [0.29, 0.717) is 6.54 Å². The zero-order valence-electron chi connectivity index (χ0n) is 12.2. The van der Waals surface area contributed by atoms with Crippen molar-refractivity contribution in [1.29, 1.82) is 0 Å². The predicted octanol–water partition coefficient (Wildman–Crippen LogP) is 3.28. The number of aryl methyl sites for hydroxylation is 1. The van der Waals surface area contributed by atoms with Gasteiger partial charge in [0.25, 0.3) is 0 Å². The highest BCUT2D eigenvalue weighted by atomic mass is 32.1. The van der Waals surface area contributed by atoms with Crippen LogP contribution in [-0.2, 0) is 0 Å². The lowest BCUT2D eigenvalue weighted by Crippen LogP contribution is -2.40. The Morgan fingerprint density at radius 1 is 1.47 bits per heavy atom. The summed E-state index contributed by atoms with van der Waals surface area (Å²) in [5, 5.41) is 13.5. The molecule has 0 aromatic carbocycles. The average Bonchev–Trinajstić information content (AvgIpc) is 2.84. The van der Waals surface area contributed by atoms with E-state index in [-0.39, 0.29) is 5.41 Å². The minimum absolute atomic E-state index is 0.157. The highest BCUT2D eigenvalue weighted by Gasteiger charge is 2.42. The van der Waals surface area contributed by atoms with Crippen molar-refractivity contribution >= 4 is 11.3 Å². The quantitative estimate of drug-likeness (QED) is 0.891. The molecular weight excluding hydrogens is 256 g/mol. The van der Waals surface area contributed by atoms with Crippen molar-refractivity contribution in [3.63, 3.8) is 0 Å². The van der Waals surface area contributed by atoms with Gasteiger partial charge in [0.2, 0.25) is 0 Å². The number of hydrogen-bond acceptors (Lipinski definition) is 4. The van der Waals surface area contributed by atoms with Gasteiger partial charge >= 0.3 is 0 Å². The summed E-state index contributed by atoms with van der Waals surface area (Å²) < 4.78 is 0. The summed E-state index contributed by atoms with van der Waals surface area (Å²) >= 11 is 1.56. The molecule has 0 bridgehead atoms. The second-order valence-corrected chi connectivity index (χ2v) is 7.27. The molecule has 4 heteroatoms. The summed E-state index contributed by atoms with van der Waals surface area (Å²) in [6, 6.07) is 0. The fourth-order valence-electron chi connectivity index (χ4n) is 3.23. The van der Waals surface area contributed by atoms with Crippen LogP contribution < -0.4 is 5.73 Å². The van der Waals surface area contributed by atoms with E-state index in [2.05, 4.69) is 18.8 Å². The van der Waals surface area contributed by atoms with Gasteiger partial charge in [-0.15, -0.1) is 11.3 Å². The van der Waals surface area contributed by atoms with Gasteiger partial charge in [-0.2, -0.15) is 0 Å². The zero-order valence-corrected chi connectivity index (χ0v) is 13.0. The zero-order chi connectivity index (χ0) is 14.0. The Hall–Kier alpha value is -0.450. The van der Waals surface area contributed by atoms with Crippen LogP contribution in [0.15, 0.2) is 5.38 Å². The van der Waals surface area contributed by atoms with E-state index in [9.17, 15) is 5.11 Å². The molecule has 1 unspecified atom stereocenters. The Kier molecular flexibility index (Phi) is 4.64. The maximum atomic E-state index is 10.7. The van der Waals surface area contributed by atoms with Crippen molar-refractivity contribution in [2.24, 2.45) is 23.0 Å². The highest BCUT2D eigenvalue weighted by Crippen LogP contribution is 2.48. The predicted molar refractivity (Wildman–Crippen MR) is 80.1 cm³/mol. The second-order valence-electron chi connectivity index (χ2n) is 6.38. The van der Waals surface area contributed by atoms with Gasteiger partial charge in [0.05, 0.1) is 0 Å². The minimum Gasteiger partial charge on any atom is -0.385 e. The van der Waals surface area contributed by atoms with Gasteiger partial charge in [0.1, 0.15) is 11.1 Å². The maximum absolute atomic E-state index is 10.7. The van der Waals surface area contributed by atoms with Gasteiger partial charge in [-0.1, -0.05) is 13.8 Å². The fraction of sp³-hybridized carbons (Fsp3) is 0.800. The largest absolute Gasteiger partial charge is 0.385 e. The highest BCUT2D eigenvalue weighted by molar-refractivity contribution is 7.09. The van der Waals surface area contributed by atoms with Crippen LogP contribution in [-0.4, -0.2) is 16.6 Å². The second kappa shape index (κ2) is 5.90. The first-order valence-corrected chi connectivity index (χ1v) is 8.16. The summed E-state index contributed by atoms with van der Waals surface area (Å²) in [6.45, 7) is 7.11. The first-order valence-electron chi connectivity index (χ1n) is 7.28. The lowest BCUT2D eigenvalue weighted by molar-refractivity contribution is -0.0150. The molecule has 1 aromatic rings. The topological polar surface area (TPSA) is 59.1 Å². The number of rotatable bonds is 4. The molecule has 2 rings (SSSR count). The molecule has 1 aliphatic rings. The van der Waals surface area contributed by atoms with Crippen LogP contribution in [0.4, 0.5) is 0 Å². The van der Waals surface area contributed by atoms with E-state index in [1.807, 2.05) is 12.3 Å². The standard InChI is InChI=1S/C15H26N2OS/c1-10(2)12-4-6-15(9-16,7-5-12)13(18)14-17-11(3)8-19-14/h8,10,12-13,18H,4-7,9,16H2,1-3H3. The molecule has 1 aliphatic carbocycles. The third-order valence-electron chi connectivity index (χ3n) is 4.83. The van der Waals surface area contributed by atoms with Crippen molar-refractivity contribution in [1.82, 2.24) is 4.98 Å². The summed E-state index contributed by atoms with van der Waals surface area (Å²) in [4.78, 5) is 4.45. The molecule has 19 heavy (non-hydrogen) atoms. The molecule has 108 valence electrons. The molecule has 1 fully saturated rings. The van der Waals surface area contributed by atoms with E-state index in [4.69, 9.17) is 5.73 Å². The Bertz CT molecular complexity index is 408. The molecule has 0 amide bonds. The van der Waals surface area contributed by atoms with E-state index >= 15 is 0 Å². The van der Waals surface area contributed by atoms with Crippen LogP contribution in [0.25, 0.3) is 0 Å². The molecule has 1 aromatic heterocycles. The van der Waals surface area contributed by atoms with Crippen molar-refractivity contribution in [2.75, 3.05) is 6.54 Å². The number of aliphatic hydroxyl groups is 1. The van der Waals surface area contributed by atoms with Crippen LogP contribution in [0, 0.1) is 24.2 Å². The Morgan fingerprint density at radius 2 is 2.11 bits per heavy atom. The summed E-state index contributed by atoms with van der Waals surface area (Å²) in [5.41, 5.74) is 6.85. The summed E-state index contributed by atoms with van der Waals surface area (Å²) in [7, 11) is 0. The first-order chi connectivity index (χ1) is 8.98. The van der Waals surface area contributed by atoms with Crippen molar-refractivity contribution in [2.45, 2.75) is 52.6 Å². The molecule has 3 nitrogen and oxygen atoms in total. The van der Waals surface area contributed by atoms with E-state index in [0.717, 1.165) is 35.4 Å². The normalized spacial score (nSPS) is 29.7. The van der Waals surface area contributed by atoms with Gasteiger partial charge in [-0.25, -0.2) is 4.98 Å². The average molecular weight is 282 g/mol. The van der Waals surface area contributed by atoms with Crippen molar-refractivity contribution in [3.05, 3.63) is 16.1 Å². The lowest BCUT2D eigenvalue weighted by atomic mass is 9.65. The summed E-state index contributed by atoms with van der Waals surface area (Å²) in [6.07, 6.45) is 3.90. The van der Waals surface area contributed by atoms with Crippen molar-refractivity contribution < 1.29 is 5.11 Å². The van der Waals surface area contributed by atoms with Crippen LogP contribution in [0.1, 0.15) is 56.3 Å². The van der Waals surface area contributed by atoms with E-state index in [1.54, 1.807) is 11.3 Å². The molecule has 0 saturated heterocycles. The van der Waals surface area contributed by atoms with Crippen LogP contribution in [0.5, 0.6) is 0 Å². The number of nitrogens with zero attached hydrogens (tertiary/aromatic N) is 1. The molecule has 3 N–H and O–H groups in total. The summed E-state index contributed by atoms with van der Waals surface area (Å²) in [5.74, 6) is 1.51. The molecule has 0 aliphatic heterocycles. The smallest absolute Gasteiger partial charge is 0.122 e. The van der Waals surface area contributed by atoms with E-state index < -0.39 is 6.10 Å². The Morgan fingerprint density at radius 3 is 2.53 bits per heavy atom. The SMILES string of the molecule is Cc1csc(C(O)C2(CN)CCC(C(C)C)CC2)n1. The van der Waals surface area contributed by atoms with Crippen LogP contribution >= 0.6 is 11.3 Å². The molecule has 0 radical (unpaired) electrons. The van der Waals surface area contributed by atoms with Gasteiger partial charge in [-0.05, 0) is 44.4 Å². The Labute approximate surface area is 120 Å². The van der Waals surface area contributed by atoms with Crippen molar-refractivity contribution in [3.8, 4) is 0 Å². The van der Waals surface area contributed by atoms with E-state index in [1.165, 1.54) is 12.8 Å². The van der Waals surface area contributed by atoms with Gasteiger partial charge in [0, 0.05) is 23.0 Å². The molecular formula is C15H26N2OS. The third-order valence-corrected chi connectivity index (χ3v) is 5.84. The monoisotopic (exact) mass is 282 g/mol. The minimum atomic E-state index is -0.496. The maximum Gasteiger partial charge on any atom is 0.122 e. The third kappa shape index (κ3) is 3.01. The number of thiazole rings is 1. The molecule has 1 atom stereocenters. The number of hydrogen-bond donors (Lipinski definition) is 2. The Balaban J connectivity index is 2.11. The van der Waals surface area contributed by atoms with Crippen LogP contribution in [0.3, 0.4) is 0 Å². The van der Waals surface area contributed by atoms with Gasteiger partial charge in [0.15, 0.2) is 0 Å². The fourth-order valence-corrected chi connectivity index (χ4v) is 4.15. The molecule has 1 heterocycles. The van der Waals surface area contributed by atoms with Gasteiger partial charge < -0.3 is 10.8 Å². The molecule has 0 spiro atoms. The van der Waals surface area contributed by atoms with Crippen LogP contribution in [0.2, 0.25) is 0 Å². The lowest BCUT2D eigenvalue weighted by Gasteiger charge is -2.43. The van der Waals surface area contributed by atoms with Gasteiger partial charge in [-0.3, -0.25) is 0 Å². The number of aliphatic hydroxyl groups excluding tert-OH is 1. The number of aromatic nitrogens is 1. The molecule has 1 saturated carbocycles.